The van der Waals surface area contributed by atoms with Gasteiger partial charge in [-0.25, -0.2) is 4.74 Å². The average Bonchev–Trinajstić information content (AvgIpc) is 3.04. The van der Waals surface area contributed by atoms with E-state index in [4.69, 9.17) is 13.7 Å². The van der Waals surface area contributed by atoms with E-state index in [1.54, 1.807) is 0 Å². The Balaban J connectivity index is 2.32. The molecule has 0 amide bonds. The van der Waals surface area contributed by atoms with Crippen LogP contribution in [-0.4, -0.2) is 5.16 Å². The summed E-state index contributed by atoms with van der Waals surface area (Å²) in [6.45, 7) is 8.37. The topological polar surface area (TPSA) is 34.7 Å². The molecule has 0 aliphatic carbocycles. The van der Waals surface area contributed by atoms with Gasteiger partial charge < -0.3 is 8.94 Å². The van der Waals surface area contributed by atoms with Gasteiger partial charge >= 0.3 is 0 Å². The zero-order valence-corrected chi connectivity index (χ0v) is 21.7. The summed E-state index contributed by atoms with van der Waals surface area (Å²) in [4.78, 5) is 0. The second-order valence-electron chi connectivity index (χ2n) is 7.35. The molecular weight excluding hydrogens is 569 g/mol. The van der Waals surface area contributed by atoms with E-state index in [-0.39, 0.29) is 5.16 Å². The first kappa shape index (κ1) is 21.9. The highest BCUT2D eigenvalue weighted by Crippen LogP contribution is 2.63. The number of aryl methyl sites for hydroxylation is 1. The molecule has 0 N–H and O–H groups in total. The van der Waals surface area contributed by atoms with Crippen molar-refractivity contribution in [2.45, 2.75) is 32.9 Å². The largest absolute Gasteiger partial charge is 0.457 e. The molecule has 1 atom stereocenters. The highest BCUT2D eigenvalue weighted by atomic mass is 79.9. The Kier molecular flexibility index (Phi) is 6.65. The minimum Gasteiger partial charge on any atom is -0.457 e. The molecule has 3 aromatic rings. The zero-order chi connectivity index (χ0) is 20.5. The van der Waals surface area contributed by atoms with Gasteiger partial charge in [0.05, 0.1) is 10.2 Å². The van der Waals surface area contributed by atoms with Crippen LogP contribution in [0.3, 0.4) is 0 Å². The first-order chi connectivity index (χ1) is 13.1. The van der Waals surface area contributed by atoms with E-state index in [1.807, 2.05) is 61.5 Å². The molecule has 0 saturated carbocycles. The quantitative estimate of drug-likeness (QED) is 0.285. The molecule has 1 unspecified atom stereocenters. The second-order valence-corrected chi connectivity index (χ2v) is 13.3. The molecule has 28 heavy (non-hydrogen) atoms. The summed E-state index contributed by atoms with van der Waals surface area (Å²) in [6.07, 6.45) is 0. The minimum atomic E-state index is -2.64. The van der Waals surface area contributed by atoms with Gasteiger partial charge in [-0.05, 0) is 81.2 Å². The van der Waals surface area contributed by atoms with Crippen molar-refractivity contribution >= 4 is 66.3 Å². The molecular formula is C21H21Br3NO2P. The fraction of sp³-hybridized carbons (Fsp3) is 0.238. The molecule has 0 bridgehead atoms. The highest BCUT2D eigenvalue weighted by molar-refractivity contribution is 9.11. The van der Waals surface area contributed by atoms with Gasteiger partial charge in [0.2, 0.25) is 7.28 Å². The Morgan fingerprint density at radius 2 is 1.64 bits per heavy atom. The maximum Gasteiger partial charge on any atom is 0.207 e. The monoisotopic (exact) mass is 587 g/mol. The van der Waals surface area contributed by atoms with Crippen LogP contribution in [0.25, 0.3) is 0 Å². The smallest absolute Gasteiger partial charge is 0.207 e. The predicted molar refractivity (Wildman–Crippen MR) is 128 cm³/mol. The lowest BCUT2D eigenvalue weighted by Crippen LogP contribution is -2.26. The maximum absolute atomic E-state index is 6.77. The maximum atomic E-state index is 6.77. The van der Waals surface area contributed by atoms with E-state index in [0.29, 0.717) is 0 Å². The van der Waals surface area contributed by atoms with E-state index in [1.165, 1.54) is 0 Å². The van der Waals surface area contributed by atoms with Gasteiger partial charge in [-0.2, -0.15) is 0 Å². The average molecular weight is 590 g/mol. The van der Waals surface area contributed by atoms with E-state index in [2.05, 4.69) is 68.6 Å². The lowest BCUT2D eigenvalue weighted by molar-refractivity contribution is 0.525. The van der Waals surface area contributed by atoms with Crippen molar-refractivity contribution < 1.29 is 8.94 Å². The molecule has 3 rings (SSSR count). The van der Waals surface area contributed by atoms with Crippen LogP contribution in [0.4, 0.5) is 5.69 Å². The molecule has 2 aromatic carbocycles. The Hall–Kier alpha value is -0.810. The summed E-state index contributed by atoms with van der Waals surface area (Å²) in [5.41, 5.74) is 1.61. The lowest BCUT2D eigenvalue weighted by atomic mass is 10.3. The molecule has 0 spiro atoms. The Labute approximate surface area is 191 Å². The van der Waals surface area contributed by atoms with Crippen LogP contribution >= 0.6 is 55.1 Å². The molecule has 0 fully saturated rings. The van der Waals surface area contributed by atoms with Crippen molar-refractivity contribution in [2.75, 3.05) is 0 Å². The Morgan fingerprint density at radius 3 is 2.21 bits per heavy atom. The number of rotatable bonds is 4. The molecule has 1 aromatic heterocycles. The molecule has 0 aliphatic heterocycles. The van der Waals surface area contributed by atoms with Gasteiger partial charge in [-0.15, -0.1) is 0 Å². The normalized spacial score (nSPS) is 13.8. The summed E-state index contributed by atoms with van der Waals surface area (Å²) >= 11 is 10.8. The SMILES string of the molecule is Cc1ccc(P(=Nc2ccccc2Br)(Oc2ccc(Br)cc2Br)C(C)(C)C)o1. The van der Waals surface area contributed by atoms with Gasteiger partial charge in [0.25, 0.3) is 0 Å². The van der Waals surface area contributed by atoms with E-state index in [0.717, 1.165) is 36.1 Å². The number of halogens is 3. The molecule has 0 radical (unpaired) electrons. The molecule has 7 heteroatoms. The van der Waals surface area contributed by atoms with Crippen LogP contribution in [0.1, 0.15) is 26.5 Å². The van der Waals surface area contributed by atoms with Crippen LogP contribution in [-0.2, 0) is 0 Å². The Bertz CT molecular complexity index is 1050. The van der Waals surface area contributed by atoms with E-state index >= 15 is 0 Å². The fourth-order valence-corrected chi connectivity index (χ4v) is 7.39. The summed E-state index contributed by atoms with van der Waals surface area (Å²) in [5.74, 6) is 1.57. The molecule has 3 nitrogen and oxygen atoms in total. The first-order valence-corrected chi connectivity index (χ1v) is 12.7. The summed E-state index contributed by atoms with van der Waals surface area (Å²) in [7, 11) is -2.64. The lowest BCUT2D eigenvalue weighted by Gasteiger charge is -2.35. The third-order valence-corrected chi connectivity index (χ3v) is 9.56. The van der Waals surface area contributed by atoms with Crippen molar-refractivity contribution in [3.05, 3.63) is 73.8 Å². The number of benzene rings is 2. The number of hydrogen-bond acceptors (Lipinski definition) is 3. The van der Waals surface area contributed by atoms with Gasteiger partial charge in [-0.3, -0.25) is 0 Å². The van der Waals surface area contributed by atoms with Crippen molar-refractivity contribution in [2.24, 2.45) is 4.74 Å². The molecule has 1 heterocycles. The van der Waals surface area contributed by atoms with E-state index < -0.39 is 7.28 Å². The minimum absolute atomic E-state index is 0.306. The highest BCUT2D eigenvalue weighted by Gasteiger charge is 2.42. The van der Waals surface area contributed by atoms with Gasteiger partial charge in [-0.1, -0.05) is 48.8 Å². The summed E-state index contributed by atoms with van der Waals surface area (Å²) in [5, 5.41) is -0.306. The van der Waals surface area contributed by atoms with Gasteiger partial charge in [0.15, 0.2) is 5.50 Å². The third-order valence-electron chi connectivity index (χ3n) is 4.16. The van der Waals surface area contributed by atoms with Crippen LogP contribution in [0.5, 0.6) is 5.75 Å². The standard InChI is InChI=1S/C21H21Br3NO2P/c1-14-9-12-20(26-14)28(21(2,3)4,25-18-8-6-5-7-16(18)23)27-19-11-10-15(22)13-17(19)24/h5-13H,1-4H3. The fourth-order valence-electron chi connectivity index (χ4n) is 2.69. The summed E-state index contributed by atoms with van der Waals surface area (Å²) in [6, 6.07) is 17.8. The summed E-state index contributed by atoms with van der Waals surface area (Å²) < 4.78 is 20.9. The zero-order valence-electron chi connectivity index (χ0n) is 16.0. The molecule has 148 valence electrons. The van der Waals surface area contributed by atoms with Crippen LogP contribution in [0.15, 0.2) is 77.2 Å². The predicted octanol–water partition coefficient (Wildman–Crippen LogP) is 8.83. The Morgan fingerprint density at radius 1 is 0.929 bits per heavy atom. The second kappa shape index (κ2) is 8.51. The van der Waals surface area contributed by atoms with Gasteiger partial charge in [0.1, 0.15) is 11.5 Å². The van der Waals surface area contributed by atoms with Crippen molar-refractivity contribution in [1.29, 1.82) is 0 Å². The van der Waals surface area contributed by atoms with Crippen molar-refractivity contribution in [3.8, 4) is 5.75 Å². The first-order valence-electron chi connectivity index (χ1n) is 8.71. The number of furan rings is 1. The number of nitrogens with zero attached hydrogens (tertiary/aromatic N) is 1. The molecule has 0 aliphatic rings. The third kappa shape index (κ3) is 4.51. The van der Waals surface area contributed by atoms with Crippen molar-refractivity contribution in [3.63, 3.8) is 0 Å². The number of hydrogen-bond donors (Lipinski definition) is 0. The van der Waals surface area contributed by atoms with Crippen LogP contribution < -0.4 is 10.0 Å². The molecule has 0 saturated heterocycles. The van der Waals surface area contributed by atoms with Crippen LogP contribution in [0, 0.1) is 6.92 Å². The van der Waals surface area contributed by atoms with E-state index in [9.17, 15) is 0 Å². The van der Waals surface area contributed by atoms with Crippen molar-refractivity contribution in [1.82, 2.24) is 0 Å². The van der Waals surface area contributed by atoms with Crippen LogP contribution in [0.2, 0.25) is 0 Å². The van der Waals surface area contributed by atoms with Gasteiger partial charge in [0, 0.05) is 14.1 Å².